The molecule has 19 heavy (non-hydrogen) atoms. The fourth-order valence-electron chi connectivity index (χ4n) is 1.60. The number of carboxylic acid groups (broad SMARTS) is 1. The summed E-state index contributed by atoms with van der Waals surface area (Å²) >= 11 is 3.32. The van der Waals surface area contributed by atoms with Gasteiger partial charge in [0.2, 0.25) is 0 Å². The highest BCUT2D eigenvalue weighted by molar-refractivity contribution is 9.10. The fourth-order valence-corrected chi connectivity index (χ4v) is 1.83. The molecule has 0 amide bonds. The van der Waals surface area contributed by atoms with E-state index in [1.54, 1.807) is 25.3 Å². The van der Waals surface area contributed by atoms with Crippen molar-refractivity contribution in [3.8, 4) is 0 Å². The zero-order valence-electron chi connectivity index (χ0n) is 10.3. The van der Waals surface area contributed by atoms with E-state index in [4.69, 9.17) is 5.11 Å². The number of hydrogen-bond donors (Lipinski definition) is 2. The van der Waals surface area contributed by atoms with Crippen LogP contribution in [0, 0.1) is 0 Å². The molecular formula is C14H13BrN2O2. The summed E-state index contributed by atoms with van der Waals surface area (Å²) in [6.07, 6.45) is 1.71. The predicted molar refractivity (Wildman–Crippen MR) is 77.7 cm³/mol. The Balaban J connectivity index is 2.10. The number of hydrogen-bond acceptors (Lipinski definition) is 3. The van der Waals surface area contributed by atoms with Gasteiger partial charge in [0.25, 0.3) is 0 Å². The smallest absolute Gasteiger partial charge is 0.310 e. The Morgan fingerprint density at radius 2 is 1.95 bits per heavy atom. The molecule has 5 heteroatoms. The van der Waals surface area contributed by atoms with Crippen LogP contribution in [0.1, 0.15) is 18.4 Å². The summed E-state index contributed by atoms with van der Waals surface area (Å²) in [5.41, 5.74) is 1.65. The molecule has 0 aliphatic rings. The zero-order chi connectivity index (χ0) is 13.8. The van der Waals surface area contributed by atoms with Crippen molar-refractivity contribution in [3.05, 3.63) is 52.6 Å². The third-order valence-corrected chi connectivity index (χ3v) is 3.25. The highest BCUT2D eigenvalue weighted by Crippen LogP contribution is 2.20. The molecule has 4 nitrogen and oxygen atoms in total. The summed E-state index contributed by atoms with van der Waals surface area (Å²) in [5, 5.41) is 12.1. The Kier molecular flexibility index (Phi) is 4.16. The molecule has 0 saturated carbocycles. The van der Waals surface area contributed by atoms with E-state index in [2.05, 4.69) is 26.2 Å². The number of aromatic nitrogens is 1. The van der Waals surface area contributed by atoms with Gasteiger partial charge in [-0.3, -0.25) is 4.79 Å². The minimum Gasteiger partial charge on any atom is -0.481 e. The lowest BCUT2D eigenvalue weighted by atomic mass is 10.0. The summed E-state index contributed by atoms with van der Waals surface area (Å²) in [6.45, 7) is 1.67. The number of pyridine rings is 1. The second-order valence-electron chi connectivity index (χ2n) is 4.17. The average Bonchev–Trinajstić information content (AvgIpc) is 2.41. The molecule has 2 N–H and O–H groups in total. The van der Waals surface area contributed by atoms with Gasteiger partial charge in [-0.05, 0) is 52.7 Å². The topological polar surface area (TPSA) is 62.2 Å². The number of carbonyl (C=O) groups is 1. The number of halogens is 1. The van der Waals surface area contributed by atoms with E-state index in [0.29, 0.717) is 0 Å². The fraction of sp³-hybridized carbons (Fsp3) is 0.143. The summed E-state index contributed by atoms with van der Waals surface area (Å²) in [6, 6.07) is 11.1. The highest BCUT2D eigenvalue weighted by atomic mass is 79.9. The minimum atomic E-state index is -0.824. The maximum Gasteiger partial charge on any atom is 0.310 e. The highest BCUT2D eigenvalue weighted by Gasteiger charge is 2.12. The Labute approximate surface area is 119 Å². The minimum absolute atomic E-state index is 0.500. The van der Waals surface area contributed by atoms with Crippen molar-refractivity contribution < 1.29 is 9.90 Å². The van der Waals surface area contributed by atoms with Crippen LogP contribution in [0.5, 0.6) is 0 Å². The first-order valence-electron chi connectivity index (χ1n) is 5.77. The first-order valence-corrected chi connectivity index (χ1v) is 6.57. The molecule has 1 aromatic heterocycles. The molecule has 0 bridgehead atoms. The van der Waals surface area contributed by atoms with E-state index >= 15 is 0 Å². The predicted octanol–water partition coefficient (Wildman–Crippen LogP) is 3.78. The Hall–Kier alpha value is -1.88. The van der Waals surface area contributed by atoms with Gasteiger partial charge in [-0.2, -0.15) is 0 Å². The maximum atomic E-state index is 10.9. The van der Waals surface area contributed by atoms with Crippen LogP contribution in [0.2, 0.25) is 0 Å². The van der Waals surface area contributed by atoms with Gasteiger partial charge in [0.05, 0.1) is 5.92 Å². The number of carboxylic acids is 1. The molecular weight excluding hydrogens is 308 g/mol. The van der Waals surface area contributed by atoms with Gasteiger partial charge in [0.15, 0.2) is 0 Å². The van der Waals surface area contributed by atoms with Crippen LogP contribution in [-0.4, -0.2) is 16.1 Å². The summed E-state index contributed by atoms with van der Waals surface area (Å²) < 4.78 is 0.920. The molecule has 0 aliphatic carbocycles. The maximum absolute atomic E-state index is 10.9. The van der Waals surface area contributed by atoms with E-state index in [1.165, 1.54) is 0 Å². The molecule has 0 unspecified atom stereocenters. The van der Waals surface area contributed by atoms with Crippen LogP contribution in [0.4, 0.5) is 11.5 Å². The lowest BCUT2D eigenvalue weighted by Crippen LogP contribution is -2.07. The van der Waals surface area contributed by atoms with Gasteiger partial charge in [-0.15, -0.1) is 0 Å². The van der Waals surface area contributed by atoms with Crippen molar-refractivity contribution in [1.29, 1.82) is 0 Å². The molecule has 0 radical (unpaired) electrons. The number of rotatable bonds is 4. The van der Waals surface area contributed by atoms with Crippen LogP contribution < -0.4 is 5.32 Å². The van der Waals surface area contributed by atoms with E-state index < -0.39 is 11.9 Å². The lowest BCUT2D eigenvalue weighted by Gasteiger charge is -2.09. The van der Waals surface area contributed by atoms with Crippen LogP contribution in [-0.2, 0) is 4.79 Å². The molecule has 0 saturated heterocycles. The second-order valence-corrected chi connectivity index (χ2v) is 5.08. The standard InChI is InChI=1S/C14H13BrN2O2/c1-9(14(18)19)10-2-5-12(6-3-10)17-13-7-4-11(15)8-16-13/h2-9H,1H3,(H,16,17)(H,18,19)/t9-/m0/s1. The van der Waals surface area contributed by atoms with Gasteiger partial charge < -0.3 is 10.4 Å². The normalized spacial score (nSPS) is 11.9. The molecule has 0 fully saturated rings. The van der Waals surface area contributed by atoms with Crippen molar-refractivity contribution in [1.82, 2.24) is 4.98 Å². The third-order valence-electron chi connectivity index (χ3n) is 2.78. The monoisotopic (exact) mass is 320 g/mol. The molecule has 2 rings (SSSR count). The molecule has 2 aromatic rings. The molecule has 0 spiro atoms. The van der Waals surface area contributed by atoms with Gasteiger partial charge in [0.1, 0.15) is 5.82 Å². The number of nitrogens with zero attached hydrogens (tertiary/aromatic N) is 1. The summed E-state index contributed by atoms with van der Waals surface area (Å²) in [5.74, 6) is -0.586. The van der Waals surface area contributed by atoms with Crippen molar-refractivity contribution in [3.63, 3.8) is 0 Å². The van der Waals surface area contributed by atoms with Gasteiger partial charge >= 0.3 is 5.97 Å². The van der Waals surface area contributed by atoms with Gasteiger partial charge in [-0.25, -0.2) is 4.98 Å². The number of benzene rings is 1. The van der Waals surface area contributed by atoms with E-state index in [-0.39, 0.29) is 0 Å². The number of anilines is 2. The number of aliphatic carboxylic acids is 1. The molecule has 1 heterocycles. The Morgan fingerprint density at radius 1 is 1.26 bits per heavy atom. The average molecular weight is 321 g/mol. The second kappa shape index (κ2) is 5.84. The summed E-state index contributed by atoms with van der Waals surface area (Å²) in [7, 11) is 0. The van der Waals surface area contributed by atoms with Crippen LogP contribution >= 0.6 is 15.9 Å². The van der Waals surface area contributed by atoms with E-state index in [1.807, 2.05) is 24.3 Å². The van der Waals surface area contributed by atoms with Crippen molar-refractivity contribution >= 4 is 33.4 Å². The van der Waals surface area contributed by atoms with Crippen LogP contribution in [0.15, 0.2) is 47.1 Å². The molecule has 98 valence electrons. The SMILES string of the molecule is C[C@H](C(=O)O)c1ccc(Nc2ccc(Br)cn2)cc1. The Morgan fingerprint density at radius 3 is 2.47 bits per heavy atom. The van der Waals surface area contributed by atoms with E-state index in [9.17, 15) is 4.79 Å². The molecule has 1 aromatic carbocycles. The zero-order valence-corrected chi connectivity index (χ0v) is 11.9. The van der Waals surface area contributed by atoms with Crippen LogP contribution in [0.3, 0.4) is 0 Å². The number of nitrogens with one attached hydrogen (secondary N) is 1. The van der Waals surface area contributed by atoms with Crippen molar-refractivity contribution in [2.24, 2.45) is 0 Å². The van der Waals surface area contributed by atoms with Crippen molar-refractivity contribution in [2.75, 3.05) is 5.32 Å². The lowest BCUT2D eigenvalue weighted by molar-refractivity contribution is -0.138. The molecule has 1 atom stereocenters. The first kappa shape index (κ1) is 13.5. The largest absolute Gasteiger partial charge is 0.481 e. The van der Waals surface area contributed by atoms with Gasteiger partial charge in [-0.1, -0.05) is 12.1 Å². The van der Waals surface area contributed by atoms with Crippen LogP contribution in [0.25, 0.3) is 0 Å². The Bertz CT molecular complexity index is 567. The first-order chi connectivity index (χ1) is 9.06. The van der Waals surface area contributed by atoms with E-state index in [0.717, 1.165) is 21.5 Å². The summed E-state index contributed by atoms with van der Waals surface area (Å²) in [4.78, 5) is 15.1. The van der Waals surface area contributed by atoms with Gasteiger partial charge in [0, 0.05) is 16.4 Å². The third kappa shape index (κ3) is 3.54. The molecule has 0 aliphatic heterocycles. The quantitative estimate of drug-likeness (QED) is 0.900. The van der Waals surface area contributed by atoms with Crippen molar-refractivity contribution in [2.45, 2.75) is 12.8 Å².